The van der Waals surface area contributed by atoms with Crippen LogP contribution < -0.4 is 0 Å². The van der Waals surface area contributed by atoms with E-state index < -0.39 is 12.1 Å². The highest BCUT2D eigenvalue weighted by Crippen LogP contribution is 2.35. The molecule has 0 saturated heterocycles. The number of ether oxygens (including phenoxy) is 2. The average Bonchev–Trinajstić information content (AvgIpc) is 3.23. The molecule has 7 nitrogen and oxygen atoms in total. The predicted octanol–water partition coefficient (Wildman–Crippen LogP) is 2.95. The zero-order valence-corrected chi connectivity index (χ0v) is 14.4. The summed E-state index contributed by atoms with van der Waals surface area (Å²) in [5.74, 6) is 0.0533. The normalized spacial score (nSPS) is 21.0. The molecule has 2 atom stereocenters. The first-order valence-corrected chi connectivity index (χ1v) is 7.97. The van der Waals surface area contributed by atoms with Gasteiger partial charge in [0.15, 0.2) is 6.10 Å². The third-order valence-electron chi connectivity index (χ3n) is 3.90. The molecule has 0 aromatic carbocycles. The van der Waals surface area contributed by atoms with Crippen molar-refractivity contribution in [2.24, 2.45) is 5.92 Å². The topological polar surface area (TPSA) is 97.6 Å². The van der Waals surface area contributed by atoms with Crippen LogP contribution in [0.15, 0.2) is 34.6 Å². The van der Waals surface area contributed by atoms with E-state index in [-0.39, 0.29) is 18.4 Å². The summed E-state index contributed by atoms with van der Waals surface area (Å²) in [5.41, 5.74) is 1.61. The van der Waals surface area contributed by atoms with Gasteiger partial charge in [0, 0.05) is 11.3 Å². The van der Waals surface area contributed by atoms with Gasteiger partial charge in [-0.25, -0.2) is 9.78 Å². The number of cyclic esters (lactones) is 1. The Labute approximate surface area is 148 Å². The molecule has 2 unspecified atom stereocenters. The lowest BCUT2D eigenvalue weighted by molar-refractivity contribution is -0.149. The van der Waals surface area contributed by atoms with E-state index in [1.807, 2.05) is 6.92 Å². The van der Waals surface area contributed by atoms with Crippen molar-refractivity contribution in [1.29, 1.82) is 0 Å². The Balaban J connectivity index is 1.87. The first kappa shape index (κ1) is 17.3. The fourth-order valence-corrected chi connectivity index (χ4v) is 2.79. The van der Waals surface area contributed by atoms with Gasteiger partial charge in [0.1, 0.15) is 22.9 Å². The molecule has 0 bridgehead atoms. The number of nitrogens with zero attached hydrogens (tertiary/aromatic N) is 1. The Morgan fingerprint density at radius 2 is 2.32 bits per heavy atom. The van der Waals surface area contributed by atoms with Crippen LogP contribution >= 0.6 is 11.6 Å². The number of hydrogen-bond donors (Lipinski definition) is 2. The second-order valence-electron chi connectivity index (χ2n) is 5.56. The molecule has 0 fully saturated rings. The minimum atomic E-state index is -0.621. The van der Waals surface area contributed by atoms with Crippen LogP contribution in [-0.4, -0.2) is 34.8 Å². The number of nitrogens with one attached hydrogen (secondary N) is 1. The Hall–Kier alpha value is -2.51. The summed E-state index contributed by atoms with van der Waals surface area (Å²) >= 11 is 5.84. The molecule has 2 aromatic heterocycles. The van der Waals surface area contributed by atoms with Gasteiger partial charge in [0.25, 0.3) is 0 Å². The maximum Gasteiger partial charge on any atom is 0.334 e. The van der Waals surface area contributed by atoms with Crippen molar-refractivity contribution in [2.45, 2.75) is 13.0 Å². The van der Waals surface area contributed by atoms with Crippen molar-refractivity contribution in [2.75, 3.05) is 13.7 Å². The van der Waals surface area contributed by atoms with Crippen molar-refractivity contribution in [1.82, 2.24) is 9.97 Å². The molecule has 1 aliphatic rings. The molecule has 132 valence electrons. The summed E-state index contributed by atoms with van der Waals surface area (Å²) < 4.78 is 16.0. The van der Waals surface area contributed by atoms with Crippen LogP contribution in [0.1, 0.15) is 30.3 Å². The van der Waals surface area contributed by atoms with E-state index in [1.54, 1.807) is 18.2 Å². The molecule has 0 radical (unpaired) electrons. The Kier molecular flexibility index (Phi) is 4.96. The molecule has 0 spiro atoms. The Morgan fingerprint density at radius 1 is 1.52 bits per heavy atom. The Bertz CT molecular complexity index is 836. The molecule has 0 amide bonds. The summed E-state index contributed by atoms with van der Waals surface area (Å²) in [6.07, 6.45) is 3.78. The number of aromatic nitrogens is 2. The first-order chi connectivity index (χ1) is 12.0. The number of hydrogen-bond acceptors (Lipinski definition) is 6. The van der Waals surface area contributed by atoms with Gasteiger partial charge in [-0.15, -0.1) is 0 Å². The minimum Gasteiger partial charge on any atom is -0.500 e. The van der Waals surface area contributed by atoms with Crippen molar-refractivity contribution in [3.63, 3.8) is 0 Å². The number of esters is 1. The van der Waals surface area contributed by atoms with E-state index in [2.05, 4.69) is 9.97 Å². The van der Waals surface area contributed by atoms with E-state index in [4.69, 9.17) is 25.5 Å². The van der Waals surface area contributed by atoms with Crippen LogP contribution in [0.2, 0.25) is 5.15 Å². The molecule has 1 aliphatic heterocycles. The zero-order valence-electron chi connectivity index (χ0n) is 13.7. The van der Waals surface area contributed by atoms with Gasteiger partial charge < -0.3 is 24.0 Å². The summed E-state index contributed by atoms with van der Waals surface area (Å²) in [5, 5.41) is 10.1. The summed E-state index contributed by atoms with van der Waals surface area (Å²) in [7, 11) is 1.50. The van der Waals surface area contributed by atoms with Crippen LogP contribution in [0.5, 0.6) is 0 Å². The van der Waals surface area contributed by atoms with Crippen LogP contribution in [0.4, 0.5) is 0 Å². The van der Waals surface area contributed by atoms with E-state index in [1.165, 1.54) is 19.4 Å². The molecule has 2 aromatic rings. The van der Waals surface area contributed by atoms with Crippen LogP contribution in [0.25, 0.3) is 11.6 Å². The highest BCUT2D eigenvalue weighted by Gasteiger charge is 2.34. The van der Waals surface area contributed by atoms with Gasteiger partial charge in [0.2, 0.25) is 5.89 Å². The van der Waals surface area contributed by atoms with Crippen LogP contribution in [0, 0.1) is 5.92 Å². The standard InChI is InChI=1S/C17H17ClN2O5/c1-9-13(23-2)6-15(22)25-16(9)12-8-24-17(20-12)10(7-21)5-11-3-4-14(18)19-11/h3-6,8-9,16,19,21H,7H2,1-2H3. The molecule has 3 rings (SSSR count). The van der Waals surface area contributed by atoms with E-state index >= 15 is 0 Å². The SMILES string of the molecule is COC1=CC(=O)OC(c2coc(C(=Cc3ccc(Cl)[nH]3)CO)n2)C1C. The van der Waals surface area contributed by atoms with Crippen molar-refractivity contribution in [3.8, 4) is 0 Å². The second kappa shape index (κ2) is 7.16. The lowest BCUT2D eigenvalue weighted by Gasteiger charge is -2.27. The van der Waals surface area contributed by atoms with Gasteiger partial charge in [-0.1, -0.05) is 18.5 Å². The number of methoxy groups -OCH3 is 1. The highest BCUT2D eigenvalue weighted by molar-refractivity contribution is 6.29. The van der Waals surface area contributed by atoms with Gasteiger partial charge in [0.05, 0.1) is 25.7 Å². The fourth-order valence-electron chi connectivity index (χ4n) is 2.61. The highest BCUT2D eigenvalue weighted by atomic mass is 35.5. The molecule has 0 saturated carbocycles. The van der Waals surface area contributed by atoms with Crippen molar-refractivity contribution in [3.05, 3.63) is 52.7 Å². The van der Waals surface area contributed by atoms with Crippen molar-refractivity contribution >= 4 is 29.2 Å². The second-order valence-corrected chi connectivity index (χ2v) is 5.97. The molecule has 2 N–H and O–H groups in total. The number of oxazole rings is 1. The number of H-pyrrole nitrogens is 1. The number of carbonyl (C=O) groups is 1. The predicted molar refractivity (Wildman–Crippen MR) is 90.4 cm³/mol. The summed E-state index contributed by atoms with van der Waals surface area (Å²) in [6.45, 7) is 1.59. The lowest BCUT2D eigenvalue weighted by Crippen LogP contribution is -2.25. The number of aromatic amines is 1. The molecule has 0 aliphatic carbocycles. The lowest BCUT2D eigenvalue weighted by atomic mass is 9.97. The van der Waals surface area contributed by atoms with Gasteiger partial charge in [-0.2, -0.15) is 0 Å². The smallest absolute Gasteiger partial charge is 0.334 e. The van der Waals surface area contributed by atoms with Gasteiger partial charge in [-0.3, -0.25) is 0 Å². The molecular formula is C17H17ClN2O5. The number of carbonyl (C=O) groups excluding carboxylic acids is 1. The first-order valence-electron chi connectivity index (χ1n) is 7.59. The zero-order chi connectivity index (χ0) is 18.0. The monoisotopic (exact) mass is 364 g/mol. The number of rotatable bonds is 5. The van der Waals surface area contributed by atoms with E-state index in [0.29, 0.717) is 27.9 Å². The van der Waals surface area contributed by atoms with Crippen LogP contribution in [-0.2, 0) is 14.3 Å². The summed E-state index contributed by atoms with van der Waals surface area (Å²) in [6, 6.07) is 3.47. The maximum atomic E-state index is 11.7. The van der Waals surface area contributed by atoms with Gasteiger partial charge in [-0.05, 0) is 18.2 Å². The molecular weight excluding hydrogens is 348 g/mol. The number of halogens is 1. The molecule has 8 heteroatoms. The third-order valence-corrected chi connectivity index (χ3v) is 4.12. The van der Waals surface area contributed by atoms with Gasteiger partial charge >= 0.3 is 5.97 Å². The third kappa shape index (κ3) is 3.62. The number of aliphatic hydroxyl groups is 1. The maximum absolute atomic E-state index is 11.7. The number of aliphatic hydroxyl groups excluding tert-OH is 1. The fraction of sp³-hybridized carbons (Fsp3) is 0.294. The van der Waals surface area contributed by atoms with E-state index in [0.717, 1.165) is 0 Å². The minimum absolute atomic E-state index is 0.204. The molecule has 25 heavy (non-hydrogen) atoms. The van der Waals surface area contributed by atoms with Crippen molar-refractivity contribution < 1.29 is 23.8 Å². The van der Waals surface area contributed by atoms with Crippen LogP contribution in [0.3, 0.4) is 0 Å². The quantitative estimate of drug-likeness (QED) is 0.791. The average molecular weight is 365 g/mol. The Morgan fingerprint density at radius 3 is 2.96 bits per heavy atom. The van der Waals surface area contributed by atoms with E-state index in [9.17, 15) is 9.90 Å². The summed E-state index contributed by atoms with van der Waals surface area (Å²) in [4.78, 5) is 19.0. The molecule has 3 heterocycles. The largest absolute Gasteiger partial charge is 0.500 e.